The van der Waals surface area contributed by atoms with Crippen molar-refractivity contribution in [1.82, 2.24) is 10.2 Å². The molecule has 0 aromatic rings. The van der Waals surface area contributed by atoms with Crippen LogP contribution in [-0.4, -0.2) is 36.6 Å². The van der Waals surface area contributed by atoms with E-state index in [0.717, 1.165) is 18.0 Å². The number of hydrogen-bond donors (Lipinski definition) is 1. The molecule has 0 amide bonds. The molecule has 2 unspecified atom stereocenters. The minimum absolute atomic E-state index is 0.732. The monoisotopic (exact) mass is 196 g/mol. The van der Waals surface area contributed by atoms with E-state index in [-0.39, 0.29) is 0 Å². The molecule has 2 heteroatoms. The number of rotatable bonds is 1. The van der Waals surface area contributed by atoms with Gasteiger partial charge in [-0.05, 0) is 65.1 Å². The van der Waals surface area contributed by atoms with E-state index in [1.165, 1.54) is 45.3 Å². The van der Waals surface area contributed by atoms with Gasteiger partial charge in [0.15, 0.2) is 0 Å². The van der Waals surface area contributed by atoms with Gasteiger partial charge in [0.05, 0.1) is 0 Å². The zero-order valence-corrected chi connectivity index (χ0v) is 9.63. The number of likely N-dealkylation sites (tertiary alicyclic amines) is 1. The van der Waals surface area contributed by atoms with E-state index in [1.54, 1.807) is 0 Å². The fraction of sp³-hybridized carbons (Fsp3) is 1.00. The summed E-state index contributed by atoms with van der Waals surface area (Å²) in [5.74, 6) is 0.965. The van der Waals surface area contributed by atoms with Gasteiger partial charge < -0.3 is 10.2 Å². The van der Waals surface area contributed by atoms with Gasteiger partial charge in [0.2, 0.25) is 0 Å². The molecular weight excluding hydrogens is 172 g/mol. The molecule has 82 valence electrons. The van der Waals surface area contributed by atoms with Gasteiger partial charge in [-0.2, -0.15) is 0 Å². The van der Waals surface area contributed by atoms with Crippen molar-refractivity contribution >= 4 is 0 Å². The molecule has 2 rings (SSSR count). The molecule has 2 aliphatic heterocycles. The predicted octanol–water partition coefficient (Wildman–Crippen LogP) is 1.86. The van der Waals surface area contributed by atoms with Crippen molar-refractivity contribution in [2.75, 3.05) is 19.6 Å². The summed E-state index contributed by atoms with van der Waals surface area (Å²) in [7, 11) is 0. The van der Waals surface area contributed by atoms with E-state index >= 15 is 0 Å². The maximum Gasteiger partial charge on any atom is 0.0108 e. The van der Waals surface area contributed by atoms with Crippen LogP contribution in [-0.2, 0) is 0 Å². The quantitative estimate of drug-likeness (QED) is 0.688. The zero-order chi connectivity index (χ0) is 9.97. The average molecular weight is 196 g/mol. The molecule has 2 saturated heterocycles. The topological polar surface area (TPSA) is 15.3 Å². The molecule has 2 nitrogen and oxygen atoms in total. The Hall–Kier alpha value is -0.0800. The highest BCUT2D eigenvalue weighted by Crippen LogP contribution is 2.26. The van der Waals surface area contributed by atoms with Crippen LogP contribution in [0.4, 0.5) is 0 Å². The van der Waals surface area contributed by atoms with Gasteiger partial charge in [0, 0.05) is 12.1 Å². The molecule has 0 aromatic heterocycles. The van der Waals surface area contributed by atoms with Gasteiger partial charge in [0.25, 0.3) is 0 Å². The third-order valence-corrected chi connectivity index (χ3v) is 3.97. The predicted molar refractivity (Wildman–Crippen MR) is 60.5 cm³/mol. The molecule has 14 heavy (non-hydrogen) atoms. The maximum atomic E-state index is 3.69. The summed E-state index contributed by atoms with van der Waals surface area (Å²) in [5.41, 5.74) is 0. The molecule has 0 radical (unpaired) electrons. The van der Waals surface area contributed by atoms with E-state index in [0.29, 0.717) is 0 Å². The first-order valence-corrected chi connectivity index (χ1v) is 6.25. The summed E-state index contributed by atoms with van der Waals surface area (Å²) in [6, 6.07) is 1.56. The van der Waals surface area contributed by atoms with Gasteiger partial charge in [-0.3, -0.25) is 0 Å². The van der Waals surface area contributed by atoms with Crippen LogP contribution < -0.4 is 5.32 Å². The molecule has 0 spiro atoms. The number of nitrogens with one attached hydrogen (secondary N) is 1. The van der Waals surface area contributed by atoms with Crippen molar-refractivity contribution in [1.29, 1.82) is 0 Å². The number of piperidine rings is 1. The smallest absolute Gasteiger partial charge is 0.0108 e. The van der Waals surface area contributed by atoms with Crippen LogP contribution in [0.25, 0.3) is 0 Å². The summed E-state index contributed by atoms with van der Waals surface area (Å²) in [5, 5.41) is 3.69. The number of fused-ring (bicyclic) bond motifs is 1. The highest BCUT2D eigenvalue weighted by Gasteiger charge is 2.28. The zero-order valence-electron chi connectivity index (χ0n) is 9.63. The van der Waals surface area contributed by atoms with Crippen molar-refractivity contribution in [2.45, 2.75) is 51.6 Å². The van der Waals surface area contributed by atoms with Crippen molar-refractivity contribution in [3.05, 3.63) is 0 Å². The second-order valence-electron chi connectivity index (χ2n) is 5.17. The van der Waals surface area contributed by atoms with Crippen molar-refractivity contribution in [2.24, 2.45) is 5.92 Å². The molecule has 0 bridgehead atoms. The van der Waals surface area contributed by atoms with E-state index in [9.17, 15) is 0 Å². The first kappa shape index (κ1) is 10.4. The van der Waals surface area contributed by atoms with Crippen LogP contribution in [0.15, 0.2) is 0 Å². The largest absolute Gasteiger partial charge is 0.314 e. The minimum atomic E-state index is 0.732. The molecule has 2 aliphatic rings. The van der Waals surface area contributed by atoms with Crippen LogP contribution in [0.2, 0.25) is 0 Å². The lowest BCUT2D eigenvalue weighted by molar-refractivity contribution is 0.227. The minimum Gasteiger partial charge on any atom is -0.314 e. The van der Waals surface area contributed by atoms with Gasteiger partial charge in [0.1, 0.15) is 0 Å². The van der Waals surface area contributed by atoms with Crippen LogP contribution in [0.5, 0.6) is 0 Å². The van der Waals surface area contributed by atoms with Crippen molar-refractivity contribution in [3.8, 4) is 0 Å². The SMILES string of the molecule is CC(C)N1CCC2CCCNC2CC1. The Bertz CT molecular complexity index is 163. The highest BCUT2D eigenvalue weighted by molar-refractivity contribution is 4.86. The Kier molecular flexibility index (Phi) is 3.45. The van der Waals surface area contributed by atoms with Gasteiger partial charge in [-0.25, -0.2) is 0 Å². The Morgan fingerprint density at radius 3 is 2.71 bits per heavy atom. The molecule has 2 heterocycles. The third kappa shape index (κ3) is 2.29. The Morgan fingerprint density at radius 2 is 1.93 bits per heavy atom. The normalized spacial score (nSPS) is 35.4. The average Bonchev–Trinajstić information content (AvgIpc) is 2.39. The second-order valence-corrected chi connectivity index (χ2v) is 5.17. The van der Waals surface area contributed by atoms with Crippen LogP contribution in [0.1, 0.15) is 39.5 Å². The van der Waals surface area contributed by atoms with Crippen molar-refractivity contribution in [3.63, 3.8) is 0 Å². The fourth-order valence-electron chi connectivity index (χ4n) is 2.97. The Morgan fingerprint density at radius 1 is 1.14 bits per heavy atom. The summed E-state index contributed by atoms with van der Waals surface area (Å²) in [4.78, 5) is 2.64. The van der Waals surface area contributed by atoms with E-state index in [4.69, 9.17) is 0 Å². The lowest BCUT2D eigenvalue weighted by atomic mass is 9.87. The first-order chi connectivity index (χ1) is 6.77. The van der Waals surface area contributed by atoms with Crippen LogP contribution in [0, 0.1) is 5.92 Å². The maximum absolute atomic E-state index is 3.69. The molecular formula is C12H24N2. The Balaban J connectivity index is 1.92. The summed E-state index contributed by atoms with van der Waals surface area (Å²) < 4.78 is 0. The van der Waals surface area contributed by atoms with Crippen LogP contribution in [0.3, 0.4) is 0 Å². The van der Waals surface area contributed by atoms with E-state index in [2.05, 4.69) is 24.1 Å². The van der Waals surface area contributed by atoms with E-state index in [1.807, 2.05) is 0 Å². The lowest BCUT2D eigenvalue weighted by Crippen LogP contribution is -2.41. The lowest BCUT2D eigenvalue weighted by Gasteiger charge is -2.30. The Labute approximate surface area is 88.1 Å². The molecule has 0 aromatic carbocycles. The summed E-state index contributed by atoms with van der Waals surface area (Å²) >= 11 is 0. The third-order valence-electron chi connectivity index (χ3n) is 3.97. The first-order valence-electron chi connectivity index (χ1n) is 6.25. The van der Waals surface area contributed by atoms with Gasteiger partial charge in [-0.15, -0.1) is 0 Å². The standard InChI is InChI=1S/C12H24N2/c1-10(2)14-8-5-11-4-3-7-13-12(11)6-9-14/h10-13H,3-9H2,1-2H3. The number of nitrogens with zero attached hydrogens (tertiary/aromatic N) is 1. The second kappa shape index (κ2) is 4.63. The van der Waals surface area contributed by atoms with Gasteiger partial charge >= 0.3 is 0 Å². The number of hydrogen-bond acceptors (Lipinski definition) is 2. The molecule has 2 atom stereocenters. The van der Waals surface area contributed by atoms with Crippen LogP contribution >= 0.6 is 0 Å². The molecule has 0 aliphatic carbocycles. The van der Waals surface area contributed by atoms with E-state index < -0.39 is 0 Å². The molecule has 2 fully saturated rings. The summed E-state index contributed by atoms with van der Waals surface area (Å²) in [6.07, 6.45) is 5.63. The van der Waals surface area contributed by atoms with Gasteiger partial charge in [-0.1, -0.05) is 0 Å². The fourth-order valence-corrected chi connectivity index (χ4v) is 2.97. The highest BCUT2D eigenvalue weighted by atomic mass is 15.2. The summed E-state index contributed by atoms with van der Waals surface area (Å²) in [6.45, 7) is 8.51. The molecule has 1 N–H and O–H groups in total. The molecule has 0 saturated carbocycles. The van der Waals surface area contributed by atoms with Crippen molar-refractivity contribution < 1.29 is 0 Å².